The molecule has 1 aliphatic carbocycles. The number of hydrogen-bond acceptors (Lipinski definition) is 2. The van der Waals surface area contributed by atoms with E-state index in [0.717, 1.165) is 5.69 Å². The Bertz CT molecular complexity index is 583. The quantitative estimate of drug-likeness (QED) is 0.916. The fraction of sp³-hybridized carbons (Fsp3) is 0.438. The second-order valence-corrected chi connectivity index (χ2v) is 5.76. The standard InChI is InChI=1S/C16H21N3/c1-11(2)16(17)15-9-18-10-19(15)14-7-6-12-4-3-5-13(12)8-14/h6-11,16H,3-5,17H2,1-2H3. The summed E-state index contributed by atoms with van der Waals surface area (Å²) in [4.78, 5) is 4.28. The van der Waals surface area contributed by atoms with Gasteiger partial charge >= 0.3 is 0 Å². The van der Waals surface area contributed by atoms with E-state index in [1.165, 1.54) is 36.1 Å². The van der Waals surface area contributed by atoms with Gasteiger partial charge in [-0.3, -0.25) is 0 Å². The van der Waals surface area contributed by atoms with Crippen LogP contribution < -0.4 is 5.73 Å². The van der Waals surface area contributed by atoms with Crippen LogP contribution >= 0.6 is 0 Å². The van der Waals surface area contributed by atoms with Crippen LogP contribution in [0.15, 0.2) is 30.7 Å². The number of aromatic nitrogens is 2. The minimum atomic E-state index is 0.0238. The lowest BCUT2D eigenvalue weighted by molar-refractivity contribution is 0.497. The van der Waals surface area contributed by atoms with E-state index in [9.17, 15) is 0 Å². The van der Waals surface area contributed by atoms with Gasteiger partial charge in [0.05, 0.1) is 18.2 Å². The van der Waals surface area contributed by atoms with Crippen LogP contribution in [0.25, 0.3) is 5.69 Å². The lowest BCUT2D eigenvalue weighted by atomic mass is 10.0. The van der Waals surface area contributed by atoms with E-state index in [1.54, 1.807) is 0 Å². The lowest BCUT2D eigenvalue weighted by Gasteiger charge is -2.18. The molecule has 1 unspecified atom stereocenters. The Hall–Kier alpha value is -1.61. The molecule has 1 aliphatic rings. The van der Waals surface area contributed by atoms with Gasteiger partial charge in [0, 0.05) is 11.7 Å². The second-order valence-electron chi connectivity index (χ2n) is 5.76. The smallest absolute Gasteiger partial charge is 0.0994 e. The van der Waals surface area contributed by atoms with Gasteiger partial charge in [0.25, 0.3) is 0 Å². The largest absolute Gasteiger partial charge is 0.322 e. The average Bonchev–Trinajstić information content (AvgIpc) is 3.05. The molecular weight excluding hydrogens is 234 g/mol. The van der Waals surface area contributed by atoms with Crippen molar-refractivity contribution >= 4 is 0 Å². The molecule has 0 spiro atoms. The Morgan fingerprint density at radius 2 is 2.00 bits per heavy atom. The number of aryl methyl sites for hydroxylation is 2. The monoisotopic (exact) mass is 255 g/mol. The SMILES string of the molecule is CC(C)C(N)c1cncn1-c1ccc2c(c1)CCC2. The van der Waals surface area contributed by atoms with Gasteiger partial charge in [-0.25, -0.2) is 4.98 Å². The van der Waals surface area contributed by atoms with Gasteiger partial charge in [-0.2, -0.15) is 0 Å². The van der Waals surface area contributed by atoms with Crippen molar-refractivity contribution in [3.8, 4) is 5.69 Å². The molecule has 0 amide bonds. The van der Waals surface area contributed by atoms with Gasteiger partial charge in [0.1, 0.15) is 0 Å². The highest BCUT2D eigenvalue weighted by atomic mass is 15.1. The highest BCUT2D eigenvalue weighted by Crippen LogP contribution is 2.27. The van der Waals surface area contributed by atoms with Gasteiger partial charge in [-0.15, -0.1) is 0 Å². The van der Waals surface area contributed by atoms with Gasteiger partial charge in [0.2, 0.25) is 0 Å². The van der Waals surface area contributed by atoms with Crippen LogP contribution in [-0.2, 0) is 12.8 Å². The van der Waals surface area contributed by atoms with Crippen molar-refractivity contribution in [1.82, 2.24) is 9.55 Å². The third-order valence-corrected chi connectivity index (χ3v) is 4.09. The van der Waals surface area contributed by atoms with E-state index < -0.39 is 0 Å². The van der Waals surface area contributed by atoms with Crippen molar-refractivity contribution in [2.75, 3.05) is 0 Å². The Balaban J connectivity index is 2.01. The van der Waals surface area contributed by atoms with Gasteiger partial charge in [-0.1, -0.05) is 19.9 Å². The first-order valence-electron chi connectivity index (χ1n) is 7.07. The van der Waals surface area contributed by atoms with Gasteiger partial charge in [0.15, 0.2) is 0 Å². The van der Waals surface area contributed by atoms with Crippen molar-refractivity contribution < 1.29 is 0 Å². The Labute approximate surface area is 114 Å². The molecule has 2 N–H and O–H groups in total. The number of nitrogens with two attached hydrogens (primary N) is 1. The first-order valence-corrected chi connectivity index (χ1v) is 7.07. The predicted molar refractivity (Wildman–Crippen MR) is 77.4 cm³/mol. The molecule has 19 heavy (non-hydrogen) atoms. The molecule has 3 rings (SSSR count). The molecule has 0 saturated heterocycles. The fourth-order valence-corrected chi connectivity index (χ4v) is 2.82. The summed E-state index contributed by atoms with van der Waals surface area (Å²) in [5, 5.41) is 0. The van der Waals surface area contributed by atoms with Crippen LogP contribution in [0.2, 0.25) is 0 Å². The van der Waals surface area contributed by atoms with Crippen LogP contribution in [0.3, 0.4) is 0 Å². The van der Waals surface area contributed by atoms with Crippen molar-refractivity contribution in [1.29, 1.82) is 0 Å². The molecule has 1 heterocycles. The molecule has 1 atom stereocenters. The number of hydrogen-bond donors (Lipinski definition) is 1. The van der Waals surface area contributed by atoms with Crippen LogP contribution in [0.5, 0.6) is 0 Å². The van der Waals surface area contributed by atoms with Crippen molar-refractivity contribution in [3.05, 3.63) is 47.5 Å². The van der Waals surface area contributed by atoms with E-state index in [2.05, 4.69) is 41.6 Å². The molecule has 2 aromatic rings. The molecule has 0 aliphatic heterocycles. The number of rotatable bonds is 3. The summed E-state index contributed by atoms with van der Waals surface area (Å²) in [5.41, 5.74) is 11.5. The van der Waals surface area contributed by atoms with Gasteiger partial charge in [-0.05, 0) is 48.4 Å². The predicted octanol–water partition coefficient (Wildman–Crippen LogP) is 3.02. The van der Waals surface area contributed by atoms with E-state index in [1.807, 2.05) is 12.5 Å². The van der Waals surface area contributed by atoms with Crippen molar-refractivity contribution in [3.63, 3.8) is 0 Å². The van der Waals surface area contributed by atoms with Crippen molar-refractivity contribution in [2.24, 2.45) is 11.7 Å². The molecule has 1 aromatic carbocycles. The number of fused-ring (bicyclic) bond motifs is 1. The topological polar surface area (TPSA) is 43.8 Å². The second kappa shape index (κ2) is 4.82. The first-order chi connectivity index (χ1) is 9.16. The zero-order valence-electron chi connectivity index (χ0n) is 11.6. The maximum atomic E-state index is 6.27. The molecule has 1 aromatic heterocycles. The third kappa shape index (κ3) is 2.19. The minimum Gasteiger partial charge on any atom is -0.322 e. The molecule has 3 nitrogen and oxygen atoms in total. The maximum absolute atomic E-state index is 6.27. The van der Waals surface area contributed by atoms with Crippen molar-refractivity contribution in [2.45, 2.75) is 39.2 Å². The van der Waals surface area contributed by atoms with E-state index in [0.29, 0.717) is 5.92 Å². The summed E-state index contributed by atoms with van der Waals surface area (Å²) in [6.07, 6.45) is 7.45. The number of nitrogens with zero attached hydrogens (tertiary/aromatic N) is 2. The highest BCUT2D eigenvalue weighted by molar-refractivity contribution is 5.44. The van der Waals surface area contributed by atoms with E-state index in [-0.39, 0.29) is 6.04 Å². The Morgan fingerprint density at radius 3 is 2.79 bits per heavy atom. The van der Waals surface area contributed by atoms with E-state index >= 15 is 0 Å². The number of imidazole rings is 1. The summed E-state index contributed by atoms with van der Waals surface area (Å²) in [7, 11) is 0. The summed E-state index contributed by atoms with van der Waals surface area (Å²) in [5.74, 6) is 0.407. The Morgan fingerprint density at radius 1 is 1.21 bits per heavy atom. The van der Waals surface area contributed by atoms with Gasteiger partial charge < -0.3 is 10.3 Å². The van der Waals surface area contributed by atoms with E-state index in [4.69, 9.17) is 5.73 Å². The molecule has 0 fully saturated rings. The molecular formula is C16H21N3. The summed E-state index contributed by atoms with van der Waals surface area (Å²) in [6, 6.07) is 6.75. The number of benzene rings is 1. The summed E-state index contributed by atoms with van der Waals surface area (Å²) < 4.78 is 2.13. The lowest BCUT2D eigenvalue weighted by Crippen LogP contribution is -2.19. The highest BCUT2D eigenvalue weighted by Gasteiger charge is 2.17. The molecule has 0 bridgehead atoms. The zero-order valence-corrected chi connectivity index (χ0v) is 11.6. The maximum Gasteiger partial charge on any atom is 0.0994 e. The average molecular weight is 255 g/mol. The van der Waals surface area contributed by atoms with Crippen LogP contribution in [0.1, 0.15) is 43.1 Å². The van der Waals surface area contributed by atoms with Crippen LogP contribution in [0, 0.1) is 5.92 Å². The summed E-state index contributed by atoms with van der Waals surface area (Å²) in [6.45, 7) is 4.29. The molecule has 0 saturated carbocycles. The normalized spacial score (nSPS) is 15.8. The summed E-state index contributed by atoms with van der Waals surface area (Å²) >= 11 is 0. The van der Waals surface area contributed by atoms with Crippen LogP contribution in [-0.4, -0.2) is 9.55 Å². The first kappa shape index (κ1) is 12.4. The molecule has 100 valence electrons. The fourth-order valence-electron chi connectivity index (χ4n) is 2.82. The molecule has 3 heteroatoms. The molecule has 0 radical (unpaired) electrons. The minimum absolute atomic E-state index is 0.0238. The Kier molecular flexibility index (Phi) is 3.15. The zero-order chi connectivity index (χ0) is 13.4. The van der Waals surface area contributed by atoms with Crippen LogP contribution in [0.4, 0.5) is 0 Å². The third-order valence-electron chi connectivity index (χ3n) is 4.09.